The van der Waals surface area contributed by atoms with Gasteiger partial charge in [0.05, 0.1) is 0 Å². The average molecular weight is 400 g/mol. The van der Waals surface area contributed by atoms with Gasteiger partial charge in [-0.25, -0.2) is 0 Å². The van der Waals surface area contributed by atoms with Crippen molar-refractivity contribution in [3.63, 3.8) is 0 Å². The lowest BCUT2D eigenvalue weighted by Crippen LogP contribution is -2.48. The van der Waals surface area contributed by atoms with Gasteiger partial charge >= 0.3 is 0 Å². The van der Waals surface area contributed by atoms with E-state index in [1.165, 1.54) is 82.4 Å². The summed E-state index contributed by atoms with van der Waals surface area (Å²) in [5.41, 5.74) is 4.37. The van der Waals surface area contributed by atoms with E-state index in [1.807, 2.05) is 0 Å². The van der Waals surface area contributed by atoms with E-state index in [0.717, 1.165) is 31.3 Å². The molecule has 3 aliphatic heterocycles. The molecule has 3 heterocycles. The smallest absolute Gasteiger partial charge is 0.0403 e. The van der Waals surface area contributed by atoms with Crippen LogP contribution in [0.25, 0.3) is 0 Å². The van der Waals surface area contributed by atoms with Crippen LogP contribution in [0.1, 0.15) is 91.4 Å². The minimum Gasteiger partial charge on any atom is -0.342 e. The second kappa shape index (κ2) is 11.4. The zero-order valence-electron chi connectivity index (χ0n) is 19.4. The number of allylic oxidation sites excluding steroid dienone is 3. The zero-order valence-corrected chi connectivity index (χ0v) is 19.4. The Balaban J connectivity index is 1.55. The van der Waals surface area contributed by atoms with Gasteiger partial charge in [0.15, 0.2) is 0 Å². The summed E-state index contributed by atoms with van der Waals surface area (Å²) in [6.45, 7) is 15.0. The molecule has 2 saturated heterocycles. The molecular weight excluding hydrogens is 354 g/mol. The highest BCUT2D eigenvalue weighted by atomic mass is 15.2. The molecule has 1 N–H and O–H groups in total. The fraction of sp³-hybridized carbons (Fsp3) is 0.769. The Labute approximate surface area is 180 Å². The van der Waals surface area contributed by atoms with E-state index < -0.39 is 0 Å². The van der Waals surface area contributed by atoms with Crippen LogP contribution in [0.15, 0.2) is 35.7 Å². The van der Waals surface area contributed by atoms with Crippen LogP contribution < -0.4 is 5.32 Å². The Morgan fingerprint density at radius 1 is 1.03 bits per heavy atom. The Hall–Kier alpha value is -1.06. The molecule has 29 heavy (non-hydrogen) atoms. The van der Waals surface area contributed by atoms with Crippen LogP contribution in [0.4, 0.5) is 0 Å². The molecule has 2 atom stereocenters. The number of likely N-dealkylation sites (tertiary alicyclic amines) is 1. The van der Waals surface area contributed by atoms with Gasteiger partial charge in [0.2, 0.25) is 0 Å². The fourth-order valence-electron chi connectivity index (χ4n) is 5.72. The van der Waals surface area contributed by atoms with Crippen LogP contribution in [-0.4, -0.2) is 47.6 Å². The first-order chi connectivity index (χ1) is 14.2. The molecule has 0 saturated carbocycles. The average Bonchev–Trinajstić information content (AvgIpc) is 3.04. The molecular formula is C26H45N3. The highest BCUT2D eigenvalue weighted by molar-refractivity contribution is 5.37. The second-order valence-corrected chi connectivity index (χ2v) is 9.35. The molecule has 0 aromatic rings. The van der Waals surface area contributed by atoms with Crippen LogP contribution in [0, 0.1) is 0 Å². The number of nitrogens with one attached hydrogen (secondary N) is 1. The van der Waals surface area contributed by atoms with E-state index in [0.29, 0.717) is 6.04 Å². The maximum absolute atomic E-state index is 4.45. The number of rotatable bonds is 7. The third-order valence-corrected chi connectivity index (χ3v) is 7.34. The number of piperidine rings is 1. The van der Waals surface area contributed by atoms with E-state index in [2.05, 4.69) is 54.6 Å². The summed E-state index contributed by atoms with van der Waals surface area (Å²) in [4.78, 5) is 5.42. The highest BCUT2D eigenvalue weighted by Gasteiger charge is 2.33. The van der Waals surface area contributed by atoms with Gasteiger partial charge < -0.3 is 15.1 Å². The molecule has 2 fully saturated rings. The Morgan fingerprint density at radius 3 is 2.52 bits per heavy atom. The van der Waals surface area contributed by atoms with Crippen molar-refractivity contribution in [2.45, 2.75) is 110 Å². The van der Waals surface area contributed by atoms with Crippen LogP contribution in [-0.2, 0) is 0 Å². The number of hydrogen-bond acceptors (Lipinski definition) is 3. The summed E-state index contributed by atoms with van der Waals surface area (Å²) in [5.74, 6) is 0. The largest absolute Gasteiger partial charge is 0.342 e. The monoisotopic (exact) mass is 399 g/mol. The molecule has 0 aliphatic carbocycles. The van der Waals surface area contributed by atoms with E-state index in [4.69, 9.17) is 0 Å². The van der Waals surface area contributed by atoms with Crippen molar-refractivity contribution in [3.05, 3.63) is 35.7 Å². The van der Waals surface area contributed by atoms with Gasteiger partial charge in [-0.15, -0.1) is 0 Å². The summed E-state index contributed by atoms with van der Waals surface area (Å²) in [6, 6.07) is 2.19. The predicted octanol–water partition coefficient (Wildman–Crippen LogP) is 6.00. The molecule has 3 rings (SSSR count). The summed E-state index contributed by atoms with van der Waals surface area (Å²) in [5, 5.41) is 3.83. The summed E-state index contributed by atoms with van der Waals surface area (Å²) in [6.07, 6.45) is 18.7. The van der Waals surface area contributed by atoms with Gasteiger partial charge in [0.25, 0.3) is 0 Å². The predicted molar refractivity (Wildman–Crippen MR) is 126 cm³/mol. The van der Waals surface area contributed by atoms with Crippen LogP contribution >= 0.6 is 0 Å². The van der Waals surface area contributed by atoms with Gasteiger partial charge in [-0.05, 0) is 69.6 Å². The fourth-order valence-corrected chi connectivity index (χ4v) is 5.72. The van der Waals surface area contributed by atoms with Crippen molar-refractivity contribution >= 4 is 0 Å². The van der Waals surface area contributed by atoms with Gasteiger partial charge in [-0.2, -0.15) is 0 Å². The Morgan fingerprint density at radius 2 is 1.83 bits per heavy atom. The van der Waals surface area contributed by atoms with Crippen LogP contribution in [0.5, 0.6) is 0 Å². The molecule has 0 bridgehead atoms. The zero-order chi connectivity index (χ0) is 20.6. The first-order valence-electron chi connectivity index (χ1n) is 12.5. The topological polar surface area (TPSA) is 18.5 Å². The highest BCUT2D eigenvalue weighted by Crippen LogP contribution is 2.38. The Bertz CT molecular complexity index is 573. The van der Waals surface area contributed by atoms with E-state index in [1.54, 1.807) is 5.57 Å². The standard InChI is InChI=1S/C26H45N3/c1-5-8-13-26-22(7-3)20-21(4)29(26)25-15-18-28(19-16-25)24-12-9-11-23(10-6-2)27-17-14-24/h8,13,23-25,27H,4-7,9-12,14-20H2,1-3H3. The van der Waals surface area contributed by atoms with Gasteiger partial charge in [0.1, 0.15) is 0 Å². The third-order valence-electron chi connectivity index (χ3n) is 7.34. The van der Waals surface area contributed by atoms with E-state index >= 15 is 0 Å². The van der Waals surface area contributed by atoms with Gasteiger partial charge in [-0.1, -0.05) is 46.3 Å². The molecule has 0 radical (unpaired) electrons. The van der Waals surface area contributed by atoms with E-state index in [9.17, 15) is 0 Å². The third kappa shape index (κ3) is 5.76. The van der Waals surface area contributed by atoms with Crippen LogP contribution in [0.2, 0.25) is 0 Å². The molecule has 0 amide bonds. The molecule has 3 aliphatic rings. The number of hydrogen-bond donors (Lipinski definition) is 1. The minimum atomic E-state index is 0.639. The quantitative estimate of drug-likeness (QED) is 0.566. The van der Waals surface area contributed by atoms with Gasteiger partial charge in [-0.3, -0.25) is 0 Å². The number of nitrogens with zero attached hydrogens (tertiary/aromatic N) is 2. The lowest BCUT2D eigenvalue weighted by molar-refractivity contribution is 0.101. The van der Waals surface area contributed by atoms with Crippen molar-refractivity contribution in [3.8, 4) is 0 Å². The molecule has 3 nitrogen and oxygen atoms in total. The summed E-state index contributed by atoms with van der Waals surface area (Å²) < 4.78 is 0. The van der Waals surface area contributed by atoms with Gasteiger partial charge in [0, 0.05) is 49.0 Å². The maximum Gasteiger partial charge on any atom is 0.0403 e. The second-order valence-electron chi connectivity index (χ2n) is 9.35. The Kier molecular flexibility index (Phi) is 8.86. The van der Waals surface area contributed by atoms with Crippen molar-refractivity contribution < 1.29 is 0 Å². The normalized spacial score (nSPS) is 28.4. The van der Waals surface area contributed by atoms with E-state index in [-0.39, 0.29) is 0 Å². The summed E-state index contributed by atoms with van der Waals surface area (Å²) in [7, 11) is 0. The molecule has 3 heteroatoms. The molecule has 2 unspecified atom stereocenters. The molecule has 0 aromatic carbocycles. The molecule has 0 aromatic heterocycles. The molecule has 164 valence electrons. The maximum atomic E-state index is 4.45. The minimum absolute atomic E-state index is 0.639. The van der Waals surface area contributed by atoms with Crippen LogP contribution in [0.3, 0.4) is 0 Å². The SMILES string of the molecule is C=C1CC(CC)=C(C=CCC)N1C1CCN(C2CCCC(CCC)NCC2)CC1. The summed E-state index contributed by atoms with van der Waals surface area (Å²) >= 11 is 0. The van der Waals surface area contributed by atoms with Crippen molar-refractivity contribution in [1.29, 1.82) is 0 Å². The van der Waals surface area contributed by atoms with Crippen molar-refractivity contribution in [1.82, 2.24) is 15.1 Å². The van der Waals surface area contributed by atoms with Crippen molar-refractivity contribution in [2.24, 2.45) is 0 Å². The lowest BCUT2D eigenvalue weighted by Gasteiger charge is -2.42. The lowest BCUT2D eigenvalue weighted by atomic mass is 9.94. The van der Waals surface area contributed by atoms with Crippen molar-refractivity contribution in [2.75, 3.05) is 19.6 Å². The first-order valence-corrected chi connectivity index (χ1v) is 12.5. The molecule has 0 spiro atoms. The first kappa shape index (κ1) is 22.6.